The van der Waals surface area contributed by atoms with Gasteiger partial charge in [-0.05, 0) is 18.6 Å². The number of hydrogen-bond acceptors (Lipinski definition) is 4. The van der Waals surface area contributed by atoms with Crippen molar-refractivity contribution < 1.29 is 9.53 Å². The van der Waals surface area contributed by atoms with E-state index in [1.165, 1.54) is 11.8 Å². The molecule has 1 aromatic heterocycles. The second-order valence-electron chi connectivity index (χ2n) is 5.35. The van der Waals surface area contributed by atoms with Gasteiger partial charge in [-0.2, -0.15) is 5.10 Å². The number of amides is 1. The highest BCUT2D eigenvalue weighted by Crippen LogP contribution is 2.24. The van der Waals surface area contributed by atoms with E-state index in [9.17, 15) is 4.79 Å². The number of aryl methyl sites for hydroxylation is 1. The van der Waals surface area contributed by atoms with E-state index in [4.69, 9.17) is 4.74 Å². The monoisotopic (exact) mass is 319 g/mol. The molecule has 0 bridgehead atoms. The van der Waals surface area contributed by atoms with E-state index in [0.717, 1.165) is 11.1 Å². The number of nitrogens with one attached hydrogen (secondary N) is 1. The van der Waals surface area contributed by atoms with Crippen molar-refractivity contribution in [2.75, 3.05) is 5.32 Å². The molecule has 5 nitrogen and oxygen atoms in total. The molecule has 2 aromatic carbocycles. The maximum absolute atomic E-state index is 12.1. The Labute approximate surface area is 140 Å². The molecule has 3 aromatic rings. The highest BCUT2D eigenvalue weighted by atomic mass is 16.5. The summed E-state index contributed by atoms with van der Waals surface area (Å²) in [5.41, 5.74) is 4.14. The van der Waals surface area contributed by atoms with Gasteiger partial charge < -0.3 is 4.74 Å². The molecule has 0 unspecified atom stereocenters. The number of benzene rings is 2. The first-order valence-corrected chi connectivity index (χ1v) is 7.59. The van der Waals surface area contributed by atoms with Crippen LogP contribution in [0.25, 0.3) is 11.3 Å². The second-order valence-corrected chi connectivity index (χ2v) is 5.35. The van der Waals surface area contributed by atoms with Crippen LogP contribution in [-0.4, -0.2) is 16.3 Å². The first-order valence-electron chi connectivity index (χ1n) is 7.59. The smallest absolute Gasteiger partial charge is 0.412 e. The fourth-order valence-electron chi connectivity index (χ4n) is 2.22. The van der Waals surface area contributed by atoms with Gasteiger partial charge >= 0.3 is 6.09 Å². The molecule has 0 aliphatic heterocycles. The van der Waals surface area contributed by atoms with Crippen LogP contribution in [0.15, 0.2) is 66.9 Å². The molecule has 1 heterocycles. The molecule has 120 valence electrons. The fraction of sp³-hybridized carbons (Fsp3) is 0.105. The molecule has 0 saturated carbocycles. The molecule has 1 N–H and O–H groups in total. The van der Waals surface area contributed by atoms with Gasteiger partial charge in [0.25, 0.3) is 0 Å². The lowest BCUT2D eigenvalue weighted by atomic mass is 10.1. The topological polar surface area (TPSA) is 64.1 Å². The van der Waals surface area contributed by atoms with Crippen LogP contribution < -0.4 is 5.32 Å². The van der Waals surface area contributed by atoms with Crippen LogP contribution in [0.2, 0.25) is 0 Å². The highest BCUT2D eigenvalue weighted by Gasteiger charge is 2.11. The number of rotatable bonds is 4. The Balaban J connectivity index is 1.67. The van der Waals surface area contributed by atoms with E-state index < -0.39 is 6.09 Å². The van der Waals surface area contributed by atoms with Crippen LogP contribution in [0, 0.1) is 6.92 Å². The van der Waals surface area contributed by atoms with Gasteiger partial charge in [0.05, 0.1) is 11.9 Å². The van der Waals surface area contributed by atoms with Crippen molar-refractivity contribution in [3.63, 3.8) is 0 Å². The van der Waals surface area contributed by atoms with E-state index in [0.29, 0.717) is 11.4 Å². The van der Waals surface area contributed by atoms with E-state index in [2.05, 4.69) is 15.5 Å². The molecule has 0 saturated heterocycles. The summed E-state index contributed by atoms with van der Waals surface area (Å²) in [5.74, 6) is 0. The summed E-state index contributed by atoms with van der Waals surface area (Å²) in [6.45, 7) is 2.23. The number of carbonyl (C=O) groups is 1. The summed E-state index contributed by atoms with van der Waals surface area (Å²) in [4.78, 5) is 12.1. The first kappa shape index (κ1) is 15.7. The van der Waals surface area contributed by atoms with Crippen LogP contribution in [-0.2, 0) is 11.3 Å². The van der Waals surface area contributed by atoms with Crippen LogP contribution in [0.3, 0.4) is 0 Å². The standard InChI is InChI=1S/C19H17N3O2/c1-14-7-9-15(10-8-14)13-24-19(23)21-17-11-12-20-22-18(17)16-5-3-2-4-6-16/h2-12H,13H2,1H3,(H,20,21,23). The molecule has 0 radical (unpaired) electrons. The third-order valence-corrected chi connectivity index (χ3v) is 3.50. The Bertz CT molecular complexity index is 818. The van der Waals surface area contributed by atoms with Crippen LogP contribution in [0.4, 0.5) is 10.5 Å². The van der Waals surface area contributed by atoms with Gasteiger partial charge in [-0.15, -0.1) is 5.10 Å². The zero-order chi connectivity index (χ0) is 16.8. The van der Waals surface area contributed by atoms with Crippen LogP contribution >= 0.6 is 0 Å². The SMILES string of the molecule is Cc1ccc(COC(=O)Nc2ccnnc2-c2ccccc2)cc1. The summed E-state index contributed by atoms with van der Waals surface area (Å²) in [6.07, 6.45) is 1.00. The van der Waals surface area contributed by atoms with Gasteiger partial charge in [0.2, 0.25) is 0 Å². The van der Waals surface area contributed by atoms with Crippen molar-refractivity contribution in [3.05, 3.63) is 78.0 Å². The van der Waals surface area contributed by atoms with Crippen molar-refractivity contribution in [2.45, 2.75) is 13.5 Å². The minimum Gasteiger partial charge on any atom is -0.444 e. The van der Waals surface area contributed by atoms with Crippen molar-refractivity contribution >= 4 is 11.8 Å². The Hall–Kier alpha value is -3.21. The Morgan fingerprint density at radius 1 is 1.04 bits per heavy atom. The van der Waals surface area contributed by atoms with Crippen LogP contribution in [0.5, 0.6) is 0 Å². The molecule has 0 atom stereocenters. The number of nitrogens with zero attached hydrogens (tertiary/aromatic N) is 2. The molecular weight excluding hydrogens is 302 g/mol. The van der Waals surface area contributed by atoms with Gasteiger partial charge in [-0.1, -0.05) is 60.2 Å². The van der Waals surface area contributed by atoms with E-state index in [1.54, 1.807) is 6.07 Å². The van der Waals surface area contributed by atoms with Gasteiger partial charge in [0.15, 0.2) is 0 Å². The Kier molecular flexibility index (Phi) is 4.81. The predicted octanol–water partition coefficient (Wildman–Crippen LogP) is 4.20. The molecule has 0 spiro atoms. The fourth-order valence-corrected chi connectivity index (χ4v) is 2.22. The van der Waals surface area contributed by atoms with E-state index in [-0.39, 0.29) is 6.61 Å². The minimum atomic E-state index is -0.527. The average Bonchev–Trinajstić information content (AvgIpc) is 2.62. The third kappa shape index (κ3) is 3.95. The van der Waals surface area contributed by atoms with Crippen LogP contribution in [0.1, 0.15) is 11.1 Å². The summed E-state index contributed by atoms with van der Waals surface area (Å²) in [7, 11) is 0. The number of hydrogen-bond donors (Lipinski definition) is 1. The number of carbonyl (C=O) groups excluding carboxylic acids is 1. The first-order chi connectivity index (χ1) is 11.7. The molecule has 24 heavy (non-hydrogen) atoms. The van der Waals surface area contributed by atoms with Gasteiger partial charge in [-0.3, -0.25) is 5.32 Å². The van der Waals surface area contributed by atoms with Crippen molar-refractivity contribution in [3.8, 4) is 11.3 Å². The van der Waals surface area contributed by atoms with Crippen molar-refractivity contribution in [1.29, 1.82) is 0 Å². The molecule has 0 aliphatic rings. The number of ether oxygens (including phenoxy) is 1. The van der Waals surface area contributed by atoms with E-state index in [1.807, 2.05) is 61.5 Å². The molecule has 3 rings (SSSR count). The van der Waals surface area contributed by atoms with Gasteiger partial charge in [-0.25, -0.2) is 4.79 Å². The average molecular weight is 319 g/mol. The normalized spacial score (nSPS) is 10.2. The quantitative estimate of drug-likeness (QED) is 0.782. The molecule has 1 amide bonds. The number of anilines is 1. The highest BCUT2D eigenvalue weighted by molar-refractivity contribution is 5.89. The lowest BCUT2D eigenvalue weighted by Crippen LogP contribution is -2.14. The van der Waals surface area contributed by atoms with Gasteiger partial charge in [0.1, 0.15) is 12.3 Å². The summed E-state index contributed by atoms with van der Waals surface area (Å²) in [5, 5.41) is 10.7. The zero-order valence-corrected chi connectivity index (χ0v) is 13.3. The largest absolute Gasteiger partial charge is 0.444 e. The van der Waals surface area contributed by atoms with E-state index >= 15 is 0 Å². The third-order valence-electron chi connectivity index (χ3n) is 3.50. The molecule has 5 heteroatoms. The van der Waals surface area contributed by atoms with Crippen molar-refractivity contribution in [1.82, 2.24) is 10.2 Å². The summed E-state index contributed by atoms with van der Waals surface area (Å²) >= 11 is 0. The zero-order valence-electron chi connectivity index (χ0n) is 13.3. The Morgan fingerprint density at radius 2 is 1.79 bits per heavy atom. The molecule has 0 aliphatic carbocycles. The minimum absolute atomic E-state index is 0.214. The maximum atomic E-state index is 12.1. The predicted molar refractivity (Wildman–Crippen MR) is 92.5 cm³/mol. The lowest BCUT2D eigenvalue weighted by Gasteiger charge is -2.10. The molecular formula is C19H17N3O2. The summed E-state index contributed by atoms with van der Waals surface area (Å²) < 4.78 is 5.26. The Morgan fingerprint density at radius 3 is 2.54 bits per heavy atom. The number of aromatic nitrogens is 2. The van der Waals surface area contributed by atoms with Crippen molar-refractivity contribution in [2.24, 2.45) is 0 Å². The summed E-state index contributed by atoms with van der Waals surface area (Å²) in [6, 6.07) is 19.1. The lowest BCUT2D eigenvalue weighted by molar-refractivity contribution is 0.155. The second kappa shape index (κ2) is 7.37. The van der Waals surface area contributed by atoms with Gasteiger partial charge in [0, 0.05) is 5.56 Å². The maximum Gasteiger partial charge on any atom is 0.412 e. The molecule has 0 fully saturated rings.